The van der Waals surface area contributed by atoms with Gasteiger partial charge in [0.25, 0.3) is 0 Å². The largest absolute Gasteiger partial charge is 0.462 e. The molecule has 0 aliphatic heterocycles. The first kappa shape index (κ1) is 27.9. The van der Waals surface area contributed by atoms with Crippen LogP contribution in [0.25, 0.3) is 0 Å². The molecule has 4 aliphatic carbocycles. The van der Waals surface area contributed by atoms with Crippen LogP contribution in [0.1, 0.15) is 125 Å². The van der Waals surface area contributed by atoms with Crippen molar-refractivity contribution in [2.45, 2.75) is 131 Å². The van der Waals surface area contributed by atoms with Crippen molar-refractivity contribution in [1.29, 1.82) is 0 Å². The van der Waals surface area contributed by atoms with E-state index < -0.39 is 0 Å². The number of allylic oxidation sites excluding steroid dienone is 1. The molecule has 3 fully saturated rings. The monoisotopic (exact) mass is 497 g/mol. The molecule has 4 rings (SSSR count). The van der Waals surface area contributed by atoms with Crippen LogP contribution in [0.4, 0.5) is 0 Å². The lowest BCUT2D eigenvalue weighted by atomic mass is 9.47. The van der Waals surface area contributed by atoms with Crippen molar-refractivity contribution in [2.75, 3.05) is 7.05 Å². The van der Waals surface area contributed by atoms with E-state index >= 15 is 0 Å². The summed E-state index contributed by atoms with van der Waals surface area (Å²) in [5.74, 6) is 5.22. The average molecular weight is 498 g/mol. The number of unbranched alkanes of at least 4 members (excludes halogenated alkanes) is 1. The van der Waals surface area contributed by atoms with Gasteiger partial charge in [0.05, 0.1) is 0 Å². The van der Waals surface area contributed by atoms with Crippen molar-refractivity contribution in [3.05, 3.63) is 11.6 Å². The molecule has 36 heavy (non-hydrogen) atoms. The quantitative estimate of drug-likeness (QED) is 0.131. The topological polar surface area (TPSA) is 38.7 Å². The number of esters is 1. The summed E-state index contributed by atoms with van der Waals surface area (Å²) in [4.78, 5) is 16.4. The van der Waals surface area contributed by atoms with Crippen LogP contribution in [0.5, 0.6) is 0 Å². The molecule has 4 aliphatic rings. The molecule has 0 aromatic rings. The molecule has 3 saturated carbocycles. The predicted molar refractivity (Wildman–Crippen MR) is 151 cm³/mol. The number of carbonyl (C=O) groups is 1. The van der Waals surface area contributed by atoms with Crippen LogP contribution in [0.15, 0.2) is 16.6 Å². The lowest BCUT2D eigenvalue weighted by Crippen LogP contribution is -2.51. The van der Waals surface area contributed by atoms with Crippen LogP contribution in [0, 0.1) is 46.3 Å². The highest BCUT2D eigenvalue weighted by Gasteiger charge is 2.59. The lowest BCUT2D eigenvalue weighted by molar-refractivity contribution is -0.151. The third kappa shape index (κ3) is 5.65. The van der Waals surface area contributed by atoms with Crippen molar-refractivity contribution in [1.82, 2.24) is 0 Å². The summed E-state index contributed by atoms with van der Waals surface area (Å²) >= 11 is 0. The SMILES string of the molecule is CN=CCCCC(=O)O[C@H]1CC[C@@]2(C)C(=CC[C@H]3[C@@H]4CC[C@H]([C@H](C)CCCC(C)C)[C@@]4(C)CC[C@@H]32)C1. The maximum atomic E-state index is 12.4. The molecule has 3 nitrogen and oxygen atoms in total. The molecule has 0 radical (unpaired) electrons. The van der Waals surface area contributed by atoms with Gasteiger partial charge in [0.1, 0.15) is 6.10 Å². The second-order valence-corrected chi connectivity index (χ2v) is 14.0. The number of ether oxygens (including phenoxy) is 1. The van der Waals surface area contributed by atoms with Crippen LogP contribution < -0.4 is 0 Å². The first-order chi connectivity index (χ1) is 17.2. The Balaban J connectivity index is 1.37. The maximum Gasteiger partial charge on any atom is 0.306 e. The molecule has 0 amide bonds. The zero-order valence-electron chi connectivity index (χ0n) is 24.4. The molecule has 0 unspecified atom stereocenters. The first-order valence-corrected chi connectivity index (χ1v) is 15.5. The van der Waals surface area contributed by atoms with Gasteiger partial charge in [-0.15, -0.1) is 0 Å². The zero-order valence-corrected chi connectivity index (χ0v) is 24.4. The number of aliphatic imine (C=N–C) groups is 1. The molecular weight excluding hydrogens is 442 g/mol. The number of hydrogen-bond acceptors (Lipinski definition) is 3. The Labute approximate surface area is 222 Å². The summed E-state index contributed by atoms with van der Waals surface area (Å²) in [6.45, 7) is 12.6. The number of nitrogens with zero attached hydrogens (tertiary/aromatic N) is 1. The number of carbonyl (C=O) groups excluding carboxylic acids is 1. The van der Waals surface area contributed by atoms with Gasteiger partial charge in [0, 0.05) is 19.9 Å². The van der Waals surface area contributed by atoms with E-state index in [4.69, 9.17) is 4.74 Å². The molecule has 0 saturated heterocycles. The van der Waals surface area contributed by atoms with E-state index in [0.29, 0.717) is 17.3 Å². The minimum absolute atomic E-state index is 0.0182. The van der Waals surface area contributed by atoms with Crippen LogP contribution in [0.2, 0.25) is 0 Å². The maximum absolute atomic E-state index is 12.4. The summed E-state index contributed by atoms with van der Waals surface area (Å²) in [5, 5.41) is 0. The van der Waals surface area contributed by atoms with Crippen molar-refractivity contribution >= 4 is 12.2 Å². The Kier molecular flexibility index (Phi) is 9.09. The van der Waals surface area contributed by atoms with E-state index in [-0.39, 0.29) is 12.1 Å². The number of hydrogen-bond donors (Lipinski definition) is 0. The number of rotatable bonds is 10. The molecule has 3 heteroatoms. The van der Waals surface area contributed by atoms with Gasteiger partial charge in [0.15, 0.2) is 0 Å². The summed E-state index contributed by atoms with van der Waals surface area (Å²) in [7, 11) is 1.78. The van der Waals surface area contributed by atoms with Crippen molar-refractivity contribution in [3.63, 3.8) is 0 Å². The van der Waals surface area contributed by atoms with Crippen LogP contribution >= 0.6 is 0 Å². The molecule has 0 aromatic carbocycles. The van der Waals surface area contributed by atoms with Crippen LogP contribution in [0.3, 0.4) is 0 Å². The van der Waals surface area contributed by atoms with Gasteiger partial charge < -0.3 is 9.73 Å². The smallest absolute Gasteiger partial charge is 0.306 e. The second-order valence-electron chi connectivity index (χ2n) is 14.0. The van der Waals surface area contributed by atoms with Crippen LogP contribution in [-0.2, 0) is 9.53 Å². The van der Waals surface area contributed by atoms with Crippen molar-refractivity contribution in [3.8, 4) is 0 Å². The van der Waals surface area contributed by atoms with Gasteiger partial charge in [-0.05, 0) is 110 Å². The number of fused-ring (bicyclic) bond motifs is 5. The Morgan fingerprint density at radius 3 is 2.64 bits per heavy atom. The Morgan fingerprint density at radius 1 is 1.08 bits per heavy atom. The summed E-state index contributed by atoms with van der Waals surface area (Å²) < 4.78 is 5.95. The fraction of sp³-hybridized carbons (Fsp3) is 0.879. The lowest BCUT2D eigenvalue weighted by Gasteiger charge is -2.58. The highest BCUT2D eigenvalue weighted by atomic mass is 16.5. The Morgan fingerprint density at radius 2 is 1.89 bits per heavy atom. The Bertz CT molecular complexity index is 815. The van der Waals surface area contributed by atoms with Gasteiger partial charge in [-0.25, -0.2) is 0 Å². The molecule has 8 atom stereocenters. The second kappa shape index (κ2) is 11.7. The molecule has 0 heterocycles. The summed E-state index contributed by atoms with van der Waals surface area (Å²) in [6, 6.07) is 0. The molecule has 0 spiro atoms. The molecule has 0 N–H and O–H groups in total. The molecule has 204 valence electrons. The van der Waals surface area contributed by atoms with Crippen LogP contribution in [-0.4, -0.2) is 25.3 Å². The van der Waals surface area contributed by atoms with Gasteiger partial charge in [-0.1, -0.05) is 65.5 Å². The minimum atomic E-state index is -0.0182. The fourth-order valence-electron chi connectivity index (χ4n) is 9.46. The van der Waals surface area contributed by atoms with Gasteiger partial charge >= 0.3 is 5.97 Å². The van der Waals surface area contributed by atoms with E-state index in [1.165, 1.54) is 57.8 Å². The normalized spacial score (nSPS) is 38.9. The van der Waals surface area contributed by atoms with E-state index in [0.717, 1.165) is 61.2 Å². The first-order valence-electron chi connectivity index (χ1n) is 15.5. The fourth-order valence-corrected chi connectivity index (χ4v) is 9.46. The van der Waals surface area contributed by atoms with Crippen molar-refractivity contribution in [2.24, 2.45) is 51.3 Å². The van der Waals surface area contributed by atoms with E-state index in [1.807, 2.05) is 6.21 Å². The third-order valence-electron chi connectivity index (χ3n) is 11.5. The summed E-state index contributed by atoms with van der Waals surface area (Å²) in [5.41, 5.74) is 2.49. The molecule has 0 aromatic heterocycles. The van der Waals surface area contributed by atoms with Crippen molar-refractivity contribution < 1.29 is 9.53 Å². The van der Waals surface area contributed by atoms with E-state index in [2.05, 4.69) is 45.7 Å². The third-order valence-corrected chi connectivity index (χ3v) is 11.5. The summed E-state index contributed by atoms with van der Waals surface area (Å²) in [6.07, 6.45) is 21.2. The molecule has 0 bridgehead atoms. The van der Waals surface area contributed by atoms with E-state index in [9.17, 15) is 4.79 Å². The predicted octanol–water partition coefficient (Wildman–Crippen LogP) is 8.81. The highest BCUT2D eigenvalue weighted by Crippen LogP contribution is 2.67. The highest BCUT2D eigenvalue weighted by molar-refractivity contribution is 5.70. The van der Waals surface area contributed by atoms with Gasteiger partial charge in [-0.3, -0.25) is 4.79 Å². The molecular formula is C33H55NO2. The average Bonchev–Trinajstić information content (AvgIpc) is 3.19. The van der Waals surface area contributed by atoms with E-state index in [1.54, 1.807) is 12.6 Å². The standard InChI is InChI=1S/C33H55NO2/c1-23(2)10-9-11-24(3)28-15-16-29-27-14-13-25-22-26(36-31(35)12-7-8-21-34-6)17-19-32(25,4)30(27)18-20-33(28,29)5/h13,21,23-24,26-30H,7-12,14-20,22H2,1-6H3/t24-,26+,27+,28-,29+,30+,32+,33-/m1/s1. The van der Waals surface area contributed by atoms with Gasteiger partial charge in [0.2, 0.25) is 0 Å². The Hall–Kier alpha value is -1.12. The minimum Gasteiger partial charge on any atom is -0.462 e. The zero-order chi connectivity index (χ0) is 25.9. The van der Waals surface area contributed by atoms with Gasteiger partial charge in [-0.2, -0.15) is 0 Å².